The molecule has 102 valence electrons. The van der Waals surface area contributed by atoms with Gasteiger partial charge in [-0.2, -0.15) is 0 Å². The second kappa shape index (κ2) is 6.02. The van der Waals surface area contributed by atoms with Gasteiger partial charge in [-0.15, -0.1) is 0 Å². The third kappa shape index (κ3) is 3.04. The highest BCUT2D eigenvalue weighted by atomic mass is 15.0. The molecule has 1 aromatic carbocycles. The Balaban J connectivity index is 2.32. The number of imidazole rings is 1. The summed E-state index contributed by atoms with van der Waals surface area (Å²) in [5, 5.41) is 3.18. The standard InChI is InChI=1S/C16H23N3/c1-12(2)13-5-7-14(8-6-13)16-15(9-10-17-3)18-11-19(16)4/h5-8,11-12,17H,9-10H2,1-4H3. The Bertz CT molecular complexity index is 523. The third-order valence-electron chi connectivity index (χ3n) is 3.48. The molecule has 0 aliphatic rings. The van der Waals surface area contributed by atoms with Crippen LogP contribution in [0.2, 0.25) is 0 Å². The van der Waals surface area contributed by atoms with Gasteiger partial charge in [-0.05, 0) is 18.5 Å². The van der Waals surface area contributed by atoms with Gasteiger partial charge in [-0.25, -0.2) is 4.98 Å². The maximum Gasteiger partial charge on any atom is 0.0951 e. The van der Waals surface area contributed by atoms with Gasteiger partial charge in [-0.1, -0.05) is 38.1 Å². The van der Waals surface area contributed by atoms with Crippen molar-refractivity contribution in [1.82, 2.24) is 14.9 Å². The summed E-state index contributed by atoms with van der Waals surface area (Å²) in [6.45, 7) is 5.39. The zero-order valence-electron chi connectivity index (χ0n) is 12.3. The lowest BCUT2D eigenvalue weighted by Crippen LogP contribution is -2.11. The van der Waals surface area contributed by atoms with Gasteiger partial charge in [0.05, 0.1) is 17.7 Å². The average Bonchev–Trinajstić information content (AvgIpc) is 2.77. The third-order valence-corrected chi connectivity index (χ3v) is 3.48. The minimum absolute atomic E-state index is 0.573. The fourth-order valence-electron chi connectivity index (χ4n) is 2.30. The summed E-state index contributed by atoms with van der Waals surface area (Å²) in [5.74, 6) is 0.573. The van der Waals surface area contributed by atoms with E-state index in [-0.39, 0.29) is 0 Å². The zero-order chi connectivity index (χ0) is 13.8. The van der Waals surface area contributed by atoms with Crippen LogP contribution in [0.15, 0.2) is 30.6 Å². The molecule has 19 heavy (non-hydrogen) atoms. The van der Waals surface area contributed by atoms with E-state index in [4.69, 9.17) is 0 Å². The molecule has 3 nitrogen and oxygen atoms in total. The van der Waals surface area contributed by atoms with Gasteiger partial charge in [0.25, 0.3) is 0 Å². The van der Waals surface area contributed by atoms with E-state index >= 15 is 0 Å². The molecular formula is C16H23N3. The number of nitrogens with zero attached hydrogens (tertiary/aromatic N) is 2. The Labute approximate surface area is 115 Å². The first-order valence-electron chi connectivity index (χ1n) is 6.88. The van der Waals surface area contributed by atoms with Gasteiger partial charge in [0, 0.05) is 25.6 Å². The lowest BCUT2D eigenvalue weighted by atomic mass is 10.00. The van der Waals surface area contributed by atoms with Gasteiger partial charge < -0.3 is 9.88 Å². The van der Waals surface area contributed by atoms with Crippen LogP contribution in [0, 0.1) is 0 Å². The highest BCUT2D eigenvalue weighted by molar-refractivity contribution is 5.63. The Morgan fingerprint density at radius 1 is 1.21 bits per heavy atom. The first kappa shape index (κ1) is 13.8. The van der Waals surface area contributed by atoms with Crippen molar-refractivity contribution >= 4 is 0 Å². The number of aryl methyl sites for hydroxylation is 1. The summed E-state index contributed by atoms with van der Waals surface area (Å²) in [7, 11) is 4.03. The van der Waals surface area contributed by atoms with E-state index in [0.29, 0.717) is 5.92 Å². The van der Waals surface area contributed by atoms with E-state index in [1.807, 2.05) is 13.4 Å². The first-order valence-corrected chi connectivity index (χ1v) is 6.88. The molecule has 2 rings (SSSR count). The molecule has 0 bridgehead atoms. The number of aromatic nitrogens is 2. The molecule has 0 aliphatic carbocycles. The number of hydrogen-bond acceptors (Lipinski definition) is 2. The number of likely N-dealkylation sites (N-methyl/N-ethyl adjacent to an activating group) is 1. The molecule has 0 amide bonds. The largest absolute Gasteiger partial charge is 0.334 e. The van der Waals surface area contributed by atoms with Crippen LogP contribution in [0.3, 0.4) is 0 Å². The SMILES string of the molecule is CNCCc1ncn(C)c1-c1ccc(C(C)C)cc1. The molecule has 0 saturated heterocycles. The second-order valence-corrected chi connectivity index (χ2v) is 5.28. The van der Waals surface area contributed by atoms with Crippen LogP contribution in [0.25, 0.3) is 11.3 Å². The topological polar surface area (TPSA) is 29.9 Å². The molecule has 0 radical (unpaired) electrons. The summed E-state index contributed by atoms with van der Waals surface area (Å²) in [4.78, 5) is 4.51. The molecule has 0 fully saturated rings. The molecular weight excluding hydrogens is 234 g/mol. The van der Waals surface area contributed by atoms with Crippen molar-refractivity contribution in [3.63, 3.8) is 0 Å². The highest BCUT2D eigenvalue weighted by Crippen LogP contribution is 2.25. The quantitative estimate of drug-likeness (QED) is 0.892. The smallest absolute Gasteiger partial charge is 0.0951 e. The van der Waals surface area contributed by atoms with Crippen LogP contribution in [0.5, 0.6) is 0 Å². The van der Waals surface area contributed by atoms with Crippen molar-refractivity contribution in [3.8, 4) is 11.3 Å². The second-order valence-electron chi connectivity index (χ2n) is 5.28. The molecule has 0 atom stereocenters. The Morgan fingerprint density at radius 3 is 2.47 bits per heavy atom. The Kier molecular flexibility index (Phi) is 4.38. The van der Waals surface area contributed by atoms with Crippen molar-refractivity contribution in [1.29, 1.82) is 0 Å². The predicted molar refractivity (Wildman–Crippen MR) is 80.4 cm³/mol. The van der Waals surface area contributed by atoms with Crippen molar-refractivity contribution in [2.45, 2.75) is 26.2 Å². The molecule has 0 aliphatic heterocycles. The van der Waals surface area contributed by atoms with Gasteiger partial charge in [0.2, 0.25) is 0 Å². The zero-order valence-corrected chi connectivity index (χ0v) is 12.3. The number of benzene rings is 1. The predicted octanol–water partition coefficient (Wildman–Crippen LogP) is 2.97. The summed E-state index contributed by atoms with van der Waals surface area (Å²) in [6, 6.07) is 8.84. The van der Waals surface area contributed by atoms with Gasteiger partial charge in [-0.3, -0.25) is 0 Å². The molecule has 3 heteroatoms. The maximum atomic E-state index is 4.51. The highest BCUT2D eigenvalue weighted by Gasteiger charge is 2.11. The molecule has 0 saturated carbocycles. The molecule has 2 aromatic rings. The van der Waals surface area contributed by atoms with Gasteiger partial charge in [0.1, 0.15) is 0 Å². The van der Waals surface area contributed by atoms with E-state index in [1.165, 1.54) is 16.8 Å². The van der Waals surface area contributed by atoms with Crippen LogP contribution in [-0.2, 0) is 13.5 Å². The minimum atomic E-state index is 0.573. The van der Waals surface area contributed by atoms with Crippen molar-refractivity contribution < 1.29 is 0 Å². The summed E-state index contributed by atoms with van der Waals surface area (Å²) in [5.41, 5.74) is 5.01. The molecule has 1 aromatic heterocycles. The first-order chi connectivity index (χ1) is 9.13. The van der Waals surface area contributed by atoms with Crippen LogP contribution in [0.4, 0.5) is 0 Å². The van der Waals surface area contributed by atoms with Gasteiger partial charge >= 0.3 is 0 Å². The maximum absolute atomic E-state index is 4.51. The lowest BCUT2D eigenvalue weighted by Gasteiger charge is -2.09. The van der Waals surface area contributed by atoms with E-state index in [2.05, 4.69) is 60.0 Å². The Morgan fingerprint density at radius 2 is 1.89 bits per heavy atom. The van der Waals surface area contributed by atoms with Crippen molar-refractivity contribution in [3.05, 3.63) is 41.9 Å². The van der Waals surface area contributed by atoms with Crippen molar-refractivity contribution in [2.75, 3.05) is 13.6 Å². The lowest BCUT2D eigenvalue weighted by molar-refractivity contribution is 0.780. The summed E-state index contributed by atoms with van der Waals surface area (Å²) < 4.78 is 2.11. The fraction of sp³-hybridized carbons (Fsp3) is 0.438. The average molecular weight is 257 g/mol. The van der Waals surface area contributed by atoms with Crippen LogP contribution >= 0.6 is 0 Å². The molecule has 0 unspecified atom stereocenters. The van der Waals surface area contributed by atoms with E-state index in [0.717, 1.165) is 18.7 Å². The van der Waals surface area contributed by atoms with Crippen LogP contribution in [0.1, 0.15) is 31.0 Å². The van der Waals surface area contributed by atoms with Gasteiger partial charge in [0.15, 0.2) is 0 Å². The normalized spacial score (nSPS) is 11.2. The van der Waals surface area contributed by atoms with Crippen molar-refractivity contribution in [2.24, 2.45) is 7.05 Å². The molecule has 1 N–H and O–H groups in total. The number of hydrogen-bond donors (Lipinski definition) is 1. The summed E-state index contributed by atoms with van der Waals surface area (Å²) in [6.07, 6.45) is 2.86. The fourth-order valence-corrected chi connectivity index (χ4v) is 2.30. The number of rotatable bonds is 5. The summed E-state index contributed by atoms with van der Waals surface area (Å²) >= 11 is 0. The molecule has 0 spiro atoms. The van der Waals surface area contributed by atoms with E-state index < -0.39 is 0 Å². The minimum Gasteiger partial charge on any atom is -0.334 e. The van der Waals surface area contributed by atoms with Crippen LogP contribution < -0.4 is 5.32 Å². The van der Waals surface area contributed by atoms with E-state index in [1.54, 1.807) is 0 Å². The Hall–Kier alpha value is -1.61. The molecule has 1 heterocycles. The van der Waals surface area contributed by atoms with Crippen LogP contribution in [-0.4, -0.2) is 23.1 Å². The van der Waals surface area contributed by atoms with E-state index in [9.17, 15) is 0 Å². The monoisotopic (exact) mass is 257 g/mol. The number of nitrogens with one attached hydrogen (secondary N) is 1.